The summed E-state index contributed by atoms with van der Waals surface area (Å²) in [5.41, 5.74) is 0. The first kappa shape index (κ1) is 20.9. The van der Waals surface area contributed by atoms with Crippen LogP contribution < -0.4 is 0 Å². The molecule has 0 aliphatic rings. The monoisotopic (exact) mass is 301 g/mol. The van der Waals surface area contributed by atoms with Gasteiger partial charge in [0.15, 0.2) is 0 Å². The molecule has 21 heavy (non-hydrogen) atoms. The highest BCUT2D eigenvalue weighted by Gasteiger charge is 2.04. The zero-order valence-corrected chi connectivity index (χ0v) is 14.6. The van der Waals surface area contributed by atoms with E-state index in [1.807, 2.05) is 0 Å². The minimum absolute atomic E-state index is 0.349. The minimum Gasteiger partial charge on any atom is -0.396 e. The Morgan fingerprint density at radius 2 is 1.24 bits per heavy atom. The number of hydrogen-bond acceptors (Lipinski definition) is 3. The molecule has 0 fully saturated rings. The Morgan fingerprint density at radius 1 is 0.714 bits per heavy atom. The summed E-state index contributed by atoms with van der Waals surface area (Å²) in [5.74, 6) is 0. The smallest absolute Gasteiger partial charge is 0.0462 e. The Morgan fingerprint density at radius 3 is 1.76 bits per heavy atom. The van der Waals surface area contributed by atoms with Crippen molar-refractivity contribution in [1.82, 2.24) is 4.90 Å². The van der Waals surface area contributed by atoms with Gasteiger partial charge in [0.1, 0.15) is 0 Å². The molecule has 0 amide bonds. The van der Waals surface area contributed by atoms with Crippen LogP contribution in [-0.4, -0.2) is 50.0 Å². The van der Waals surface area contributed by atoms with Gasteiger partial charge in [-0.25, -0.2) is 0 Å². The molecule has 0 aliphatic heterocycles. The minimum atomic E-state index is 0.349. The number of ether oxygens (including phenoxy) is 1. The van der Waals surface area contributed by atoms with Crippen LogP contribution in [0.25, 0.3) is 0 Å². The highest BCUT2D eigenvalue weighted by atomic mass is 16.5. The van der Waals surface area contributed by atoms with Crippen LogP contribution in [0.15, 0.2) is 0 Å². The predicted octanol–water partition coefficient (Wildman–Crippen LogP) is 4.24. The van der Waals surface area contributed by atoms with E-state index in [2.05, 4.69) is 11.8 Å². The van der Waals surface area contributed by atoms with Gasteiger partial charge < -0.3 is 14.7 Å². The van der Waals surface area contributed by atoms with Gasteiger partial charge in [-0.1, -0.05) is 45.4 Å². The molecular weight excluding hydrogens is 262 g/mol. The van der Waals surface area contributed by atoms with E-state index in [4.69, 9.17) is 9.84 Å². The molecule has 0 spiro atoms. The van der Waals surface area contributed by atoms with E-state index in [0.717, 1.165) is 13.0 Å². The molecule has 1 N–H and O–H groups in total. The fourth-order valence-corrected chi connectivity index (χ4v) is 2.66. The highest BCUT2D eigenvalue weighted by molar-refractivity contribution is 4.59. The number of nitrogens with zero attached hydrogens (tertiary/aromatic N) is 1. The maximum absolute atomic E-state index is 8.80. The van der Waals surface area contributed by atoms with Gasteiger partial charge in [0, 0.05) is 20.3 Å². The van der Waals surface area contributed by atoms with E-state index in [0.29, 0.717) is 6.61 Å². The summed E-state index contributed by atoms with van der Waals surface area (Å²) >= 11 is 0. The molecule has 0 saturated carbocycles. The fraction of sp³-hybridized carbons (Fsp3) is 1.00. The van der Waals surface area contributed by atoms with Gasteiger partial charge in [-0.3, -0.25) is 0 Å². The second-order valence-electron chi connectivity index (χ2n) is 6.09. The predicted molar refractivity (Wildman–Crippen MR) is 91.9 cm³/mol. The molecule has 128 valence electrons. The molecule has 0 bridgehead atoms. The third-order valence-corrected chi connectivity index (χ3v) is 4.03. The molecule has 0 heterocycles. The Kier molecular flexibility index (Phi) is 17.8. The van der Waals surface area contributed by atoms with Crippen molar-refractivity contribution in [2.24, 2.45) is 0 Å². The molecule has 0 aromatic heterocycles. The van der Waals surface area contributed by atoms with Crippen molar-refractivity contribution in [3.8, 4) is 0 Å². The number of aliphatic hydroxyl groups excluding tert-OH is 1. The van der Waals surface area contributed by atoms with E-state index in [1.165, 1.54) is 83.8 Å². The zero-order chi connectivity index (χ0) is 15.6. The molecule has 0 radical (unpaired) electrons. The molecule has 0 aromatic carbocycles. The molecule has 0 aromatic rings. The summed E-state index contributed by atoms with van der Waals surface area (Å²) in [6.07, 6.45) is 13.9. The second-order valence-corrected chi connectivity index (χ2v) is 6.09. The van der Waals surface area contributed by atoms with Crippen LogP contribution in [0.2, 0.25) is 0 Å². The topological polar surface area (TPSA) is 32.7 Å². The maximum atomic E-state index is 8.80. The molecule has 3 heteroatoms. The van der Waals surface area contributed by atoms with Crippen molar-refractivity contribution in [3.63, 3.8) is 0 Å². The Hall–Kier alpha value is -0.120. The van der Waals surface area contributed by atoms with E-state index in [9.17, 15) is 0 Å². The third-order valence-electron chi connectivity index (χ3n) is 4.03. The van der Waals surface area contributed by atoms with E-state index in [-0.39, 0.29) is 0 Å². The van der Waals surface area contributed by atoms with Crippen molar-refractivity contribution in [2.45, 2.75) is 77.6 Å². The van der Waals surface area contributed by atoms with Crippen LogP contribution in [0.1, 0.15) is 77.6 Å². The lowest BCUT2D eigenvalue weighted by Gasteiger charge is -2.22. The summed E-state index contributed by atoms with van der Waals surface area (Å²) in [6, 6.07) is 0. The van der Waals surface area contributed by atoms with Gasteiger partial charge in [-0.15, -0.1) is 0 Å². The van der Waals surface area contributed by atoms with Gasteiger partial charge in [0.05, 0.1) is 0 Å². The average molecular weight is 302 g/mol. The molecule has 0 saturated heterocycles. The summed E-state index contributed by atoms with van der Waals surface area (Å²) < 4.78 is 5.09. The van der Waals surface area contributed by atoms with Crippen molar-refractivity contribution < 1.29 is 9.84 Å². The van der Waals surface area contributed by atoms with Crippen molar-refractivity contribution in [3.05, 3.63) is 0 Å². The van der Waals surface area contributed by atoms with Gasteiger partial charge in [-0.2, -0.15) is 0 Å². The lowest BCUT2D eigenvalue weighted by atomic mass is 10.1. The van der Waals surface area contributed by atoms with Crippen LogP contribution in [0.4, 0.5) is 0 Å². The standard InChI is InChI=1S/C18H39NO2/c1-3-4-9-14-19(15-10-5-7-12-17-20)16-11-6-8-13-18-21-2/h20H,3-18H2,1-2H3. The van der Waals surface area contributed by atoms with Gasteiger partial charge >= 0.3 is 0 Å². The van der Waals surface area contributed by atoms with Crippen LogP contribution in [0.3, 0.4) is 0 Å². The lowest BCUT2D eigenvalue weighted by molar-refractivity contribution is 0.190. The molecule has 3 nitrogen and oxygen atoms in total. The van der Waals surface area contributed by atoms with Crippen molar-refractivity contribution in [2.75, 3.05) is 40.0 Å². The van der Waals surface area contributed by atoms with Crippen LogP contribution in [0.5, 0.6) is 0 Å². The largest absolute Gasteiger partial charge is 0.396 e. The Labute approximate surface area is 133 Å². The first-order valence-electron chi connectivity index (χ1n) is 9.17. The number of methoxy groups -OCH3 is 1. The van der Waals surface area contributed by atoms with Crippen LogP contribution >= 0.6 is 0 Å². The van der Waals surface area contributed by atoms with E-state index in [1.54, 1.807) is 7.11 Å². The fourth-order valence-electron chi connectivity index (χ4n) is 2.66. The molecule has 0 atom stereocenters. The first-order chi connectivity index (χ1) is 10.3. The van der Waals surface area contributed by atoms with Gasteiger partial charge in [-0.05, 0) is 51.7 Å². The van der Waals surface area contributed by atoms with Gasteiger partial charge in [0.2, 0.25) is 0 Å². The zero-order valence-electron chi connectivity index (χ0n) is 14.6. The van der Waals surface area contributed by atoms with Crippen LogP contribution in [-0.2, 0) is 4.74 Å². The van der Waals surface area contributed by atoms with E-state index >= 15 is 0 Å². The second kappa shape index (κ2) is 17.9. The highest BCUT2D eigenvalue weighted by Crippen LogP contribution is 2.07. The number of hydrogen-bond donors (Lipinski definition) is 1. The molecule has 0 unspecified atom stereocenters. The van der Waals surface area contributed by atoms with Gasteiger partial charge in [0.25, 0.3) is 0 Å². The molecule has 0 aliphatic carbocycles. The van der Waals surface area contributed by atoms with Crippen LogP contribution in [0, 0.1) is 0 Å². The first-order valence-corrected chi connectivity index (χ1v) is 9.17. The summed E-state index contributed by atoms with van der Waals surface area (Å²) in [7, 11) is 1.78. The average Bonchev–Trinajstić information content (AvgIpc) is 2.50. The molecule has 0 rings (SSSR count). The SMILES string of the molecule is CCCCCN(CCCCCCO)CCCCCCOC. The van der Waals surface area contributed by atoms with E-state index < -0.39 is 0 Å². The molecular formula is C18H39NO2. The summed E-state index contributed by atoms with van der Waals surface area (Å²) in [6.45, 7) is 7.30. The quantitative estimate of drug-likeness (QED) is 0.408. The maximum Gasteiger partial charge on any atom is 0.0462 e. The van der Waals surface area contributed by atoms with Crippen molar-refractivity contribution >= 4 is 0 Å². The lowest BCUT2D eigenvalue weighted by Crippen LogP contribution is -2.27. The summed E-state index contributed by atoms with van der Waals surface area (Å²) in [5, 5.41) is 8.80. The Balaban J connectivity index is 3.64. The summed E-state index contributed by atoms with van der Waals surface area (Å²) in [4.78, 5) is 2.66. The number of rotatable bonds is 17. The third kappa shape index (κ3) is 16.1. The number of unbranched alkanes of at least 4 members (excludes halogenated alkanes) is 8. The Bertz CT molecular complexity index is 188. The number of aliphatic hydroxyl groups is 1. The normalized spacial score (nSPS) is 11.4. The van der Waals surface area contributed by atoms with Crippen molar-refractivity contribution in [1.29, 1.82) is 0 Å².